The lowest BCUT2D eigenvalue weighted by Crippen LogP contribution is -2.27. The Labute approximate surface area is 326 Å². The van der Waals surface area contributed by atoms with Gasteiger partial charge < -0.3 is 20.1 Å². The predicted molar refractivity (Wildman–Crippen MR) is 220 cm³/mol. The number of carbonyl (C=O) groups is 2. The Morgan fingerprint density at radius 3 is 1.23 bits per heavy atom. The van der Waals surface area contributed by atoms with Crippen molar-refractivity contribution in [2.45, 2.75) is 238 Å². The normalized spacial score (nSPS) is 13.2. The van der Waals surface area contributed by atoms with Crippen LogP contribution in [0.4, 0.5) is 0 Å². The molecule has 0 aliphatic rings. The summed E-state index contributed by atoms with van der Waals surface area (Å²) in [7, 11) is -4.40. The average molecular weight is 776 g/mol. The van der Waals surface area contributed by atoms with E-state index in [1.54, 1.807) is 0 Å². The maximum atomic E-state index is 12.0. The number of esters is 1. The van der Waals surface area contributed by atoms with Gasteiger partial charge in [0.2, 0.25) is 5.91 Å². The van der Waals surface area contributed by atoms with Gasteiger partial charge in [-0.2, -0.15) is 0 Å². The summed E-state index contributed by atoms with van der Waals surface area (Å²) in [6.45, 7) is 3.56. The molecule has 0 fully saturated rings. The number of aliphatic hydroxyl groups is 1. The Morgan fingerprint density at radius 1 is 0.509 bits per heavy atom. The number of hydrogen-bond acceptors (Lipinski definition) is 7. The summed E-state index contributed by atoms with van der Waals surface area (Å²) in [6, 6.07) is 0. The van der Waals surface area contributed by atoms with Crippen molar-refractivity contribution in [2.75, 3.05) is 26.4 Å². The topological polar surface area (TPSA) is 131 Å². The molecule has 0 spiro atoms. The number of ether oxygens (including phenoxy) is 1. The van der Waals surface area contributed by atoms with Crippen LogP contribution in [0.3, 0.4) is 0 Å². The van der Waals surface area contributed by atoms with Crippen molar-refractivity contribution in [3.63, 3.8) is 0 Å². The molecule has 316 valence electrons. The molecule has 53 heavy (non-hydrogen) atoms. The minimum atomic E-state index is -4.40. The number of hydrogen-bond donors (Lipinski definition) is 3. The molecule has 0 aromatic rings. The number of phosphoric acid groups is 1. The lowest BCUT2D eigenvalue weighted by atomic mass is 10.0. The molecule has 0 radical (unpaired) electrons. The van der Waals surface area contributed by atoms with Gasteiger partial charge >= 0.3 is 13.8 Å². The first-order valence-electron chi connectivity index (χ1n) is 22.5. The SMILES string of the molecule is CCCCCCCCCCCCCCCCCCCCCCCCCCC(=O)OCC(O)COP(=O)(O)OCCNC(=O)CCCCCCCCCC. The molecule has 0 saturated carbocycles. The first-order chi connectivity index (χ1) is 25.8. The molecule has 1 amide bonds. The van der Waals surface area contributed by atoms with Gasteiger partial charge in [-0.15, -0.1) is 0 Å². The molecule has 0 aliphatic carbocycles. The first kappa shape index (κ1) is 52.0. The van der Waals surface area contributed by atoms with E-state index in [1.807, 2.05) is 0 Å². The summed E-state index contributed by atoms with van der Waals surface area (Å²) in [6.07, 6.45) is 40.6. The van der Waals surface area contributed by atoms with Gasteiger partial charge in [-0.1, -0.05) is 206 Å². The Bertz CT molecular complexity index is 845. The van der Waals surface area contributed by atoms with Crippen molar-refractivity contribution in [1.29, 1.82) is 0 Å². The van der Waals surface area contributed by atoms with Crippen LogP contribution in [0.15, 0.2) is 0 Å². The van der Waals surface area contributed by atoms with Gasteiger partial charge in [-0.25, -0.2) is 4.57 Å². The molecular weight excluding hydrogens is 689 g/mol. The molecule has 9 nitrogen and oxygen atoms in total. The third-order valence-electron chi connectivity index (χ3n) is 10.0. The number of unbranched alkanes of at least 4 members (excludes halogenated alkanes) is 30. The Morgan fingerprint density at radius 2 is 0.849 bits per heavy atom. The molecule has 0 saturated heterocycles. The van der Waals surface area contributed by atoms with Crippen LogP contribution in [-0.4, -0.2) is 54.3 Å². The van der Waals surface area contributed by atoms with Crippen molar-refractivity contribution >= 4 is 19.7 Å². The monoisotopic (exact) mass is 776 g/mol. The highest BCUT2D eigenvalue weighted by Gasteiger charge is 2.23. The summed E-state index contributed by atoms with van der Waals surface area (Å²) in [5.74, 6) is -0.509. The maximum Gasteiger partial charge on any atom is 0.472 e. The van der Waals surface area contributed by atoms with Crippen LogP contribution in [0.5, 0.6) is 0 Å². The Balaban J connectivity index is 3.48. The lowest BCUT2D eigenvalue weighted by Gasteiger charge is -2.15. The van der Waals surface area contributed by atoms with Crippen LogP contribution < -0.4 is 5.32 Å². The molecule has 0 bridgehead atoms. The number of phosphoric ester groups is 1. The molecule has 0 rings (SSSR count). The standard InChI is InChI=1S/C43H86NO8P/c1-3-5-7-9-11-13-14-15-16-17-18-19-20-21-22-23-24-25-26-27-28-30-32-34-36-43(47)50-39-41(45)40-52-53(48,49)51-38-37-44-42(46)35-33-31-29-12-10-8-6-4-2/h41,45H,3-40H2,1-2H3,(H,44,46)(H,48,49). The highest BCUT2D eigenvalue weighted by atomic mass is 31.2. The number of amides is 1. The average Bonchev–Trinajstić information content (AvgIpc) is 3.14. The first-order valence-corrected chi connectivity index (χ1v) is 24.0. The fourth-order valence-corrected chi connectivity index (χ4v) is 7.37. The van der Waals surface area contributed by atoms with Gasteiger partial charge in [-0.05, 0) is 12.8 Å². The Kier molecular flexibility index (Phi) is 39.9. The molecule has 2 atom stereocenters. The number of rotatable bonds is 43. The smallest absolute Gasteiger partial charge is 0.463 e. The fourth-order valence-electron chi connectivity index (χ4n) is 6.62. The van der Waals surface area contributed by atoms with Crippen LogP contribution >= 0.6 is 7.82 Å². The molecular formula is C43H86NO8P. The van der Waals surface area contributed by atoms with Crippen molar-refractivity contribution in [1.82, 2.24) is 5.32 Å². The summed E-state index contributed by atoms with van der Waals surface area (Å²) in [5, 5.41) is 12.7. The number of aliphatic hydroxyl groups excluding tert-OH is 1. The molecule has 0 aliphatic heterocycles. The van der Waals surface area contributed by atoms with Crippen LogP contribution in [0.1, 0.15) is 232 Å². The van der Waals surface area contributed by atoms with E-state index in [9.17, 15) is 24.2 Å². The number of carbonyl (C=O) groups excluding carboxylic acids is 2. The zero-order chi connectivity index (χ0) is 38.9. The second-order valence-electron chi connectivity index (χ2n) is 15.4. The third-order valence-corrected chi connectivity index (χ3v) is 11.0. The van der Waals surface area contributed by atoms with E-state index in [4.69, 9.17) is 13.8 Å². The van der Waals surface area contributed by atoms with Crippen LogP contribution in [0.2, 0.25) is 0 Å². The van der Waals surface area contributed by atoms with Crippen molar-refractivity contribution < 1.29 is 37.9 Å². The van der Waals surface area contributed by atoms with Gasteiger partial charge in [-0.3, -0.25) is 18.6 Å². The summed E-state index contributed by atoms with van der Waals surface area (Å²) in [5.41, 5.74) is 0. The third kappa shape index (κ3) is 42.0. The minimum Gasteiger partial charge on any atom is -0.463 e. The molecule has 0 aromatic carbocycles. The van der Waals surface area contributed by atoms with E-state index in [0.29, 0.717) is 12.8 Å². The fraction of sp³-hybridized carbons (Fsp3) is 0.953. The van der Waals surface area contributed by atoms with E-state index in [0.717, 1.165) is 38.5 Å². The number of nitrogens with one attached hydrogen (secondary N) is 1. The second kappa shape index (κ2) is 40.7. The van der Waals surface area contributed by atoms with Crippen LogP contribution in [0.25, 0.3) is 0 Å². The minimum absolute atomic E-state index is 0.0868. The molecule has 0 heterocycles. The van der Waals surface area contributed by atoms with Gasteiger partial charge in [0.15, 0.2) is 0 Å². The predicted octanol–water partition coefficient (Wildman–Crippen LogP) is 12.4. The van der Waals surface area contributed by atoms with Gasteiger partial charge in [0.05, 0.1) is 13.2 Å². The van der Waals surface area contributed by atoms with Crippen LogP contribution in [0, 0.1) is 0 Å². The molecule has 0 aromatic heterocycles. The largest absolute Gasteiger partial charge is 0.472 e. The Hall–Kier alpha value is -0.990. The van der Waals surface area contributed by atoms with Crippen molar-refractivity contribution in [3.8, 4) is 0 Å². The quantitative estimate of drug-likeness (QED) is 0.0317. The zero-order valence-electron chi connectivity index (χ0n) is 34.7. The molecule has 10 heteroatoms. The lowest BCUT2D eigenvalue weighted by molar-refractivity contribution is -0.147. The molecule has 2 unspecified atom stereocenters. The van der Waals surface area contributed by atoms with E-state index in [-0.39, 0.29) is 25.7 Å². The highest BCUT2D eigenvalue weighted by Crippen LogP contribution is 2.42. The van der Waals surface area contributed by atoms with E-state index >= 15 is 0 Å². The second-order valence-corrected chi connectivity index (χ2v) is 16.8. The van der Waals surface area contributed by atoms with Crippen LogP contribution in [-0.2, 0) is 27.9 Å². The summed E-state index contributed by atoms with van der Waals surface area (Å²) < 4.78 is 26.8. The van der Waals surface area contributed by atoms with Gasteiger partial charge in [0.25, 0.3) is 0 Å². The van der Waals surface area contributed by atoms with Gasteiger partial charge in [0, 0.05) is 19.4 Å². The van der Waals surface area contributed by atoms with Crippen molar-refractivity contribution in [2.24, 2.45) is 0 Å². The summed E-state index contributed by atoms with van der Waals surface area (Å²) >= 11 is 0. The van der Waals surface area contributed by atoms with E-state index in [2.05, 4.69) is 19.2 Å². The van der Waals surface area contributed by atoms with Crippen molar-refractivity contribution in [3.05, 3.63) is 0 Å². The van der Waals surface area contributed by atoms with E-state index < -0.39 is 26.5 Å². The highest BCUT2D eigenvalue weighted by molar-refractivity contribution is 7.47. The van der Waals surface area contributed by atoms with Gasteiger partial charge in [0.1, 0.15) is 12.7 Å². The van der Waals surface area contributed by atoms with E-state index in [1.165, 1.54) is 167 Å². The maximum absolute atomic E-state index is 12.0. The molecule has 3 N–H and O–H groups in total. The zero-order valence-corrected chi connectivity index (χ0v) is 35.6. The summed E-state index contributed by atoms with van der Waals surface area (Å²) in [4.78, 5) is 33.7.